The molecule has 32 heavy (non-hydrogen) atoms. The van der Waals surface area contributed by atoms with Crippen LogP contribution >= 0.6 is 0 Å². The first kappa shape index (κ1) is 23.2. The summed E-state index contributed by atoms with van der Waals surface area (Å²) in [5.41, 5.74) is 1.72. The zero-order chi connectivity index (χ0) is 23.6. The molecule has 1 aromatic heterocycles. The number of carbonyl (C=O) groups excluding carboxylic acids is 2. The average Bonchev–Trinajstić information content (AvgIpc) is 2.72. The minimum Gasteiger partial charge on any atom is -0.462 e. The van der Waals surface area contributed by atoms with E-state index in [2.05, 4.69) is 4.98 Å². The lowest BCUT2D eigenvalue weighted by Gasteiger charge is -2.40. The Balaban J connectivity index is 1.75. The molecule has 1 aliphatic heterocycles. The minimum atomic E-state index is -3.95. The fourth-order valence-corrected chi connectivity index (χ4v) is 4.57. The number of benzene rings is 1. The average molecular weight is 457 g/mol. The van der Waals surface area contributed by atoms with Crippen LogP contribution in [-0.4, -0.2) is 56.3 Å². The molecule has 168 valence electrons. The quantitative estimate of drug-likeness (QED) is 0.606. The first-order valence-electron chi connectivity index (χ1n) is 10.0. The summed E-state index contributed by atoms with van der Waals surface area (Å²) in [7, 11) is -2.71. The molecule has 0 saturated carbocycles. The number of nitrogens with zero attached hydrogens (tertiary/aromatic N) is 4. The Morgan fingerprint density at radius 3 is 2.44 bits per heavy atom. The van der Waals surface area contributed by atoms with Gasteiger partial charge in [-0.15, -0.1) is 0 Å². The molecule has 1 fully saturated rings. The number of esters is 1. The van der Waals surface area contributed by atoms with Crippen LogP contribution in [0.25, 0.3) is 0 Å². The molecule has 1 saturated heterocycles. The number of amides is 1. The molecule has 0 atom stereocenters. The van der Waals surface area contributed by atoms with E-state index in [4.69, 9.17) is 4.74 Å². The summed E-state index contributed by atoms with van der Waals surface area (Å²) < 4.78 is 31.3. The van der Waals surface area contributed by atoms with Crippen molar-refractivity contribution in [1.82, 2.24) is 9.29 Å². The maximum absolute atomic E-state index is 12.8. The predicted octanol–water partition coefficient (Wildman–Crippen LogP) is 2.03. The van der Waals surface area contributed by atoms with Crippen molar-refractivity contribution in [3.8, 4) is 6.07 Å². The summed E-state index contributed by atoms with van der Waals surface area (Å²) in [6.07, 6.45) is 0. The number of pyridine rings is 1. The molecule has 0 N–H and O–H groups in total. The topological polar surface area (TPSA) is 121 Å². The van der Waals surface area contributed by atoms with Gasteiger partial charge in [0, 0.05) is 20.1 Å². The van der Waals surface area contributed by atoms with Crippen molar-refractivity contribution in [2.75, 3.05) is 31.6 Å². The molecule has 1 aromatic carbocycles. The monoisotopic (exact) mass is 456 g/mol. The smallest absolute Gasteiger partial charge is 0.340 e. The van der Waals surface area contributed by atoms with E-state index in [-0.39, 0.29) is 35.7 Å². The highest BCUT2D eigenvalue weighted by molar-refractivity contribution is 7.89. The number of aromatic nitrogens is 1. The van der Waals surface area contributed by atoms with Crippen LogP contribution in [0.2, 0.25) is 0 Å². The predicted molar refractivity (Wildman–Crippen MR) is 116 cm³/mol. The molecule has 9 nitrogen and oxygen atoms in total. The third kappa shape index (κ3) is 4.29. The van der Waals surface area contributed by atoms with Gasteiger partial charge < -0.3 is 9.64 Å². The third-order valence-corrected chi connectivity index (χ3v) is 7.10. The van der Waals surface area contributed by atoms with Gasteiger partial charge in [-0.05, 0) is 39.0 Å². The Labute approximate surface area is 187 Å². The molecular formula is C22H24N4O5S. The van der Waals surface area contributed by atoms with Gasteiger partial charge in [-0.1, -0.05) is 17.7 Å². The lowest BCUT2D eigenvalue weighted by atomic mass is 9.98. The minimum absolute atomic E-state index is 0.0498. The molecule has 1 aliphatic rings. The van der Waals surface area contributed by atoms with Crippen molar-refractivity contribution in [3.63, 3.8) is 0 Å². The second kappa shape index (κ2) is 8.96. The molecule has 0 aliphatic carbocycles. The summed E-state index contributed by atoms with van der Waals surface area (Å²) in [4.78, 5) is 31.0. The van der Waals surface area contributed by atoms with Crippen LogP contribution in [0.1, 0.15) is 34.1 Å². The van der Waals surface area contributed by atoms with E-state index in [1.807, 2.05) is 13.0 Å². The van der Waals surface area contributed by atoms with E-state index in [1.165, 1.54) is 25.2 Å². The highest BCUT2D eigenvalue weighted by atomic mass is 32.2. The Morgan fingerprint density at radius 2 is 1.88 bits per heavy atom. The van der Waals surface area contributed by atoms with E-state index < -0.39 is 27.8 Å². The van der Waals surface area contributed by atoms with Crippen molar-refractivity contribution in [3.05, 3.63) is 52.7 Å². The number of sulfonamides is 1. The van der Waals surface area contributed by atoms with Gasteiger partial charge in [0.15, 0.2) is 0 Å². The number of nitriles is 1. The molecule has 3 rings (SSSR count). The number of aryl methyl sites for hydroxylation is 2. The van der Waals surface area contributed by atoms with Crippen LogP contribution in [-0.2, 0) is 19.6 Å². The van der Waals surface area contributed by atoms with E-state index in [0.29, 0.717) is 11.5 Å². The van der Waals surface area contributed by atoms with Crippen LogP contribution in [0.5, 0.6) is 0 Å². The number of ether oxygens (including phenoxy) is 1. The molecular weight excluding hydrogens is 432 g/mol. The number of rotatable bonds is 6. The molecule has 2 aromatic rings. The summed E-state index contributed by atoms with van der Waals surface area (Å²) in [6.45, 7) is 5.81. The van der Waals surface area contributed by atoms with Crippen molar-refractivity contribution in [2.24, 2.45) is 5.92 Å². The molecule has 0 bridgehead atoms. The first-order chi connectivity index (χ1) is 15.1. The van der Waals surface area contributed by atoms with Crippen LogP contribution in [0.4, 0.5) is 5.82 Å². The molecule has 0 radical (unpaired) electrons. The molecule has 1 amide bonds. The zero-order valence-corrected chi connectivity index (χ0v) is 19.1. The van der Waals surface area contributed by atoms with Crippen molar-refractivity contribution < 1.29 is 22.7 Å². The van der Waals surface area contributed by atoms with Crippen LogP contribution < -0.4 is 4.90 Å². The standard InChI is InChI=1S/C22H24N4O5S/c1-5-31-22(28)19-10-16(11-23)20(24-15(19)3)26-12-17(13-26)21(27)25(4)32(29,30)18-8-6-14(2)7-9-18/h6-10,17H,5,12-13H2,1-4H3. The van der Waals surface area contributed by atoms with Crippen LogP contribution in [0.15, 0.2) is 35.2 Å². The van der Waals surface area contributed by atoms with Crippen molar-refractivity contribution in [2.45, 2.75) is 25.7 Å². The van der Waals surface area contributed by atoms with E-state index >= 15 is 0 Å². The number of hydrogen-bond acceptors (Lipinski definition) is 8. The van der Waals surface area contributed by atoms with Gasteiger partial charge in [0.1, 0.15) is 11.9 Å². The molecule has 2 heterocycles. The fourth-order valence-electron chi connectivity index (χ4n) is 3.38. The zero-order valence-electron chi connectivity index (χ0n) is 18.3. The van der Waals surface area contributed by atoms with Gasteiger partial charge in [-0.2, -0.15) is 5.26 Å². The van der Waals surface area contributed by atoms with Gasteiger partial charge >= 0.3 is 5.97 Å². The Hall–Kier alpha value is -3.45. The van der Waals surface area contributed by atoms with Gasteiger partial charge in [0.25, 0.3) is 10.0 Å². The summed E-state index contributed by atoms with van der Waals surface area (Å²) in [6, 6.07) is 9.74. The van der Waals surface area contributed by atoms with E-state index in [0.717, 1.165) is 9.87 Å². The largest absolute Gasteiger partial charge is 0.462 e. The Morgan fingerprint density at radius 1 is 1.25 bits per heavy atom. The van der Waals surface area contributed by atoms with Gasteiger partial charge in [-0.25, -0.2) is 22.5 Å². The number of hydrogen-bond donors (Lipinski definition) is 0. The molecule has 0 spiro atoms. The molecule has 10 heteroatoms. The maximum atomic E-state index is 12.8. The normalized spacial score (nSPS) is 13.8. The first-order valence-corrected chi connectivity index (χ1v) is 11.5. The van der Waals surface area contributed by atoms with Crippen LogP contribution in [0, 0.1) is 31.1 Å². The molecule has 0 unspecified atom stereocenters. The number of carbonyl (C=O) groups is 2. The third-order valence-electron chi connectivity index (χ3n) is 5.33. The highest BCUT2D eigenvalue weighted by Gasteiger charge is 2.40. The second-order valence-corrected chi connectivity index (χ2v) is 9.52. The lowest BCUT2D eigenvalue weighted by Crippen LogP contribution is -2.55. The fraction of sp³-hybridized carbons (Fsp3) is 0.364. The van der Waals surface area contributed by atoms with Crippen molar-refractivity contribution in [1.29, 1.82) is 5.26 Å². The Bertz CT molecular complexity index is 1200. The number of anilines is 1. The Kier molecular flexibility index (Phi) is 6.50. The lowest BCUT2D eigenvalue weighted by molar-refractivity contribution is -0.130. The van der Waals surface area contributed by atoms with E-state index in [1.54, 1.807) is 30.9 Å². The summed E-state index contributed by atoms with van der Waals surface area (Å²) in [5.74, 6) is -1.29. The highest BCUT2D eigenvalue weighted by Crippen LogP contribution is 2.30. The van der Waals surface area contributed by atoms with Crippen molar-refractivity contribution >= 4 is 27.7 Å². The van der Waals surface area contributed by atoms with Gasteiger partial charge in [0.05, 0.1) is 34.2 Å². The van der Waals surface area contributed by atoms with Gasteiger partial charge in [-0.3, -0.25) is 4.79 Å². The summed E-state index contributed by atoms with van der Waals surface area (Å²) in [5, 5.41) is 9.51. The van der Waals surface area contributed by atoms with Crippen LogP contribution in [0.3, 0.4) is 0 Å². The maximum Gasteiger partial charge on any atom is 0.340 e. The second-order valence-electron chi connectivity index (χ2n) is 7.55. The summed E-state index contributed by atoms with van der Waals surface area (Å²) >= 11 is 0. The van der Waals surface area contributed by atoms with E-state index in [9.17, 15) is 23.3 Å². The van der Waals surface area contributed by atoms with Gasteiger partial charge in [0.2, 0.25) is 5.91 Å². The SMILES string of the molecule is CCOC(=O)c1cc(C#N)c(N2CC(C(=O)N(C)S(=O)(=O)c3ccc(C)cc3)C2)nc1C.